The number of hydrogen-bond acceptors (Lipinski definition) is 4. The van der Waals surface area contributed by atoms with Gasteiger partial charge in [-0.3, -0.25) is 4.79 Å². The molecule has 0 aliphatic carbocycles. The summed E-state index contributed by atoms with van der Waals surface area (Å²) in [5.74, 6) is 1.72. The van der Waals surface area contributed by atoms with E-state index in [0.717, 1.165) is 11.1 Å². The van der Waals surface area contributed by atoms with E-state index in [1.165, 1.54) is 6.08 Å². The Kier molecular flexibility index (Phi) is 7.35. The molecule has 3 aromatic carbocycles. The van der Waals surface area contributed by atoms with Gasteiger partial charge in [0.05, 0.1) is 14.2 Å². The fraction of sp³-hybridized carbons (Fsp3) is 0.125. The molecule has 0 heterocycles. The van der Waals surface area contributed by atoms with Crippen molar-refractivity contribution in [2.45, 2.75) is 6.61 Å². The molecule has 0 fully saturated rings. The van der Waals surface area contributed by atoms with E-state index < -0.39 is 0 Å². The van der Waals surface area contributed by atoms with Crippen molar-refractivity contribution in [3.8, 4) is 17.2 Å². The first-order chi connectivity index (χ1) is 14.6. The van der Waals surface area contributed by atoms with Crippen LogP contribution in [-0.2, 0) is 11.4 Å². The third-order valence-corrected chi connectivity index (χ3v) is 4.53. The summed E-state index contributed by atoms with van der Waals surface area (Å²) in [6.45, 7) is 0.441. The number of ether oxygens (including phenoxy) is 3. The van der Waals surface area contributed by atoms with Crippen molar-refractivity contribution < 1.29 is 19.0 Å². The standard InChI is InChI=1S/C24H22ClNO4/c1-28-22-13-5-17(15-23(22)29-2)6-14-24(27)26-20-9-11-21(12-10-20)30-16-18-3-7-19(25)8-4-18/h3-15H,16H2,1-2H3,(H,26,27)/b14-6+. The third-order valence-electron chi connectivity index (χ3n) is 4.28. The number of hydrogen-bond donors (Lipinski definition) is 1. The van der Waals surface area contributed by atoms with Crippen LogP contribution in [0.4, 0.5) is 5.69 Å². The second kappa shape index (κ2) is 10.4. The number of anilines is 1. The Balaban J connectivity index is 1.54. The second-order valence-electron chi connectivity index (χ2n) is 6.38. The van der Waals surface area contributed by atoms with Crippen LogP contribution in [0.15, 0.2) is 72.8 Å². The molecule has 1 amide bonds. The molecule has 5 nitrogen and oxygen atoms in total. The molecule has 0 saturated heterocycles. The van der Waals surface area contributed by atoms with Gasteiger partial charge in [0.25, 0.3) is 0 Å². The van der Waals surface area contributed by atoms with Crippen LogP contribution < -0.4 is 19.5 Å². The number of amides is 1. The van der Waals surface area contributed by atoms with Crippen molar-refractivity contribution in [1.82, 2.24) is 0 Å². The molecule has 3 aromatic rings. The van der Waals surface area contributed by atoms with E-state index in [1.54, 1.807) is 44.6 Å². The van der Waals surface area contributed by atoms with Gasteiger partial charge in [0.2, 0.25) is 5.91 Å². The third kappa shape index (κ3) is 6.03. The Morgan fingerprint density at radius 3 is 2.30 bits per heavy atom. The first-order valence-electron chi connectivity index (χ1n) is 9.26. The summed E-state index contributed by atoms with van der Waals surface area (Å²) in [5.41, 5.74) is 2.53. The molecule has 3 rings (SSSR count). The molecule has 1 N–H and O–H groups in total. The largest absolute Gasteiger partial charge is 0.493 e. The van der Waals surface area contributed by atoms with Gasteiger partial charge >= 0.3 is 0 Å². The van der Waals surface area contributed by atoms with Gasteiger partial charge in [0.15, 0.2) is 11.5 Å². The van der Waals surface area contributed by atoms with E-state index in [0.29, 0.717) is 34.6 Å². The number of halogens is 1. The van der Waals surface area contributed by atoms with Crippen molar-refractivity contribution >= 4 is 29.3 Å². The predicted octanol–water partition coefficient (Wildman–Crippen LogP) is 5.59. The molecule has 6 heteroatoms. The van der Waals surface area contributed by atoms with Crippen molar-refractivity contribution in [3.05, 3.63) is 89.0 Å². The van der Waals surface area contributed by atoms with Gasteiger partial charge in [0.1, 0.15) is 12.4 Å². The lowest BCUT2D eigenvalue weighted by Gasteiger charge is -2.08. The minimum atomic E-state index is -0.236. The van der Waals surface area contributed by atoms with E-state index >= 15 is 0 Å². The van der Waals surface area contributed by atoms with E-state index in [9.17, 15) is 4.79 Å². The Hall–Kier alpha value is -3.44. The molecule has 0 spiro atoms. The molecule has 30 heavy (non-hydrogen) atoms. The van der Waals surface area contributed by atoms with Crippen LogP contribution in [0.25, 0.3) is 6.08 Å². The van der Waals surface area contributed by atoms with Crippen molar-refractivity contribution in [2.75, 3.05) is 19.5 Å². The zero-order chi connectivity index (χ0) is 21.3. The summed E-state index contributed by atoms with van der Waals surface area (Å²) in [6, 6.07) is 20.1. The maximum atomic E-state index is 12.2. The first kappa shape index (κ1) is 21.3. The summed E-state index contributed by atoms with van der Waals surface area (Å²) in [7, 11) is 3.15. The Morgan fingerprint density at radius 2 is 1.63 bits per heavy atom. The Morgan fingerprint density at radius 1 is 0.933 bits per heavy atom. The smallest absolute Gasteiger partial charge is 0.248 e. The lowest BCUT2D eigenvalue weighted by Crippen LogP contribution is -2.07. The molecule has 0 saturated carbocycles. The maximum absolute atomic E-state index is 12.2. The van der Waals surface area contributed by atoms with Gasteiger partial charge in [-0.1, -0.05) is 29.8 Å². The van der Waals surface area contributed by atoms with Gasteiger partial charge in [-0.15, -0.1) is 0 Å². The van der Waals surface area contributed by atoms with E-state index in [4.69, 9.17) is 25.8 Å². The molecule has 0 aromatic heterocycles. The predicted molar refractivity (Wildman–Crippen MR) is 119 cm³/mol. The van der Waals surface area contributed by atoms with E-state index in [1.807, 2.05) is 42.5 Å². The van der Waals surface area contributed by atoms with Crippen LogP contribution in [-0.4, -0.2) is 20.1 Å². The van der Waals surface area contributed by atoms with Crippen LogP contribution in [0.3, 0.4) is 0 Å². The van der Waals surface area contributed by atoms with E-state index in [-0.39, 0.29) is 5.91 Å². The van der Waals surface area contributed by atoms with Gasteiger partial charge in [-0.25, -0.2) is 0 Å². The Bertz CT molecular complexity index is 1010. The van der Waals surface area contributed by atoms with Gasteiger partial charge in [0, 0.05) is 16.8 Å². The summed E-state index contributed by atoms with van der Waals surface area (Å²) in [5, 5.41) is 3.51. The highest BCUT2D eigenvalue weighted by Crippen LogP contribution is 2.28. The zero-order valence-electron chi connectivity index (χ0n) is 16.7. The van der Waals surface area contributed by atoms with Crippen LogP contribution >= 0.6 is 11.6 Å². The number of benzene rings is 3. The Labute approximate surface area is 180 Å². The molecular weight excluding hydrogens is 402 g/mol. The average Bonchev–Trinajstić information content (AvgIpc) is 2.78. The van der Waals surface area contributed by atoms with Crippen LogP contribution in [0, 0.1) is 0 Å². The number of carbonyl (C=O) groups is 1. The van der Waals surface area contributed by atoms with Crippen LogP contribution in [0.1, 0.15) is 11.1 Å². The van der Waals surface area contributed by atoms with Gasteiger partial charge in [-0.2, -0.15) is 0 Å². The number of methoxy groups -OCH3 is 2. The number of rotatable bonds is 8. The quantitative estimate of drug-likeness (QED) is 0.480. The van der Waals surface area contributed by atoms with Crippen LogP contribution in [0.5, 0.6) is 17.2 Å². The molecule has 0 bridgehead atoms. The normalized spacial score (nSPS) is 10.6. The fourth-order valence-corrected chi connectivity index (χ4v) is 2.82. The summed E-state index contributed by atoms with van der Waals surface area (Å²) >= 11 is 5.88. The number of carbonyl (C=O) groups excluding carboxylic acids is 1. The SMILES string of the molecule is COc1ccc(/C=C/C(=O)Nc2ccc(OCc3ccc(Cl)cc3)cc2)cc1OC. The monoisotopic (exact) mass is 423 g/mol. The summed E-state index contributed by atoms with van der Waals surface area (Å²) in [4.78, 5) is 12.2. The average molecular weight is 424 g/mol. The molecule has 0 atom stereocenters. The summed E-state index contributed by atoms with van der Waals surface area (Å²) < 4.78 is 16.2. The minimum Gasteiger partial charge on any atom is -0.493 e. The minimum absolute atomic E-state index is 0.236. The molecule has 0 aliphatic rings. The maximum Gasteiger partial charge on any atom is 0.248 e. The highest BCUT2D eigenvalue weighted by atomic mass is 35.5. The van der Waals surface area contributed by atoms with Gasteiger partial charge in [-0.05, 0) is 65.7 Å². The van der Waals surface area contributed by atoms with Crippen LogP contribution in [0.2, 0.25) is 5.02 Å². The first-order valence-corrected chi connectivity index (χ1v) is 9.63. The lowest BCUT2D eigenvalue weighted by molar-refractivity contribution is -0.111. The molecule has 0 radical (unpaired) electrons. The second-order valence-corrected chi connectivity index (χ2v) is 6.81. The van der Waals surface area contributed by atoms with Crippen molar-refractivity contribution in [3.63, 3.8) is 0 Å². The fourth-order valence-electron chi connectivity index (χ4n) is 2.69. The topological polar surface area (TPSA) is 56.8 Å². The van der Waals surface area contributed by atoms with Gasteiger partial charge < -0.3 is 19.5 Å². The molecular formula is C24H22ClNO4. The zero-order valence-corrected chi connectivity index (χ0v) is 17.5. The number of nitrogens with one attached hydrogen (secondary N) is 1. The van der Waals surface area contributed by atoms with Crippen molar-refractivity contribution in [2.24, 2.45) is 0 Å². The lowest BCUT2D eigenvalue weighted by atomic mass is 10.2. The van der Waals surface area contributed by atoms with Crippen molar-refractivity contribution in [1.29, 1.82) is 0 Å². The highest BCUT2D eigenvalue weighted by Gasteiger charge is 2.04. The highest BCUT2D eigenvalue weighted by molar-refractivity contribution is 6.30. The molecule has 154 valence electrons. The summed E-state index contributed by atoms with van der Waals surface area (Å²) in [6.07, 6.45) is 3.17. The van der Waals surface area contributed by atoms with E-state index in [2.05, 4.69) is 5.32 Å². The molecule has 0 unspecified atom stereocenters. The molecule has 0 aliphatic heterocycles.